The largest absolute Gasteiger partial charge is 0.388 e. The zero-order valence-corrected chi connectivity index (χ0v) is 9.91. The lowest BCUT2D eigenvalue weighted by Gasteiger charge is -2.13. The van der Waals surface area contributed by atoms with Gasteiger partial charge in [0.05, 0.1) is 0 Å². The van der Waals surface area contributed by atoms with Crippen LogP contribution in [0.3, 0.4) is 0 Å². The number of rotatable bonds is 2. The van der Waals surface area contributed by atoms with Gasteiger partial charge in [0.15, 0.2) is 0 Å². The fraction of sp³-hybridized carbons (Fsp3) is 0.833. The van der Waals surface area contributed by atoms with Crippen LogP contribution in [0, 0.1) is 5.92 Å². The quantitative estimate of drug-likeness (QED) is 0.688. The summed E-state index contributed by atoms with van der Waals surface area (Å²) in [6, 6.07) is 0. The highest BCUT2D eigenvalue weighted by Gasteiger charge is 2.12. The number of hydrogen-bond acceptors (Lipinski definition) is 1. The van der Waals surface area contributed by atoms with E-state index < -0.39 is 0 Å². The molecule has 1 aliphatic heterocycles. The Labute approximate surface area is 83.6 Å². The summed E-state index contributed by atoms with van der Waals surface area (Å²) in [6.07, 6.45) is 3.81. The predicted octanol–water partition coefficient (Wildman–Crippen LogP) is 3.72. The Balaban J connectivity index is 0.000000671. The first-order valence-electron chi connectivity index (χ1n) is 5.71. The monoisotopic (exact) mass is 183 g/mol. The minimum absolute atomic E-state index is 0.723. The van der Waals surface area contributed by atoms with Gasteiger partial charge in [-0.2, -0.15) is 0 Å². The van der Waals surface area contributed by atoms with Gasteiger partial charge in [0.2, 0.25) is 0 Å². The average molecular weight is 183 g/mol. The Kier molecular flexibility index (Phi) is 6.75. The van der Waals surface area contributed by atoms with Gasteiger partial charge in [-0.25, -0.2) is 0 Å². The van der Waals surface area contributed by atoms with Gasteiger partial charge in [-0.3, -0.25) is 0 Å². The van der Waals surface area contributed by atoms with Crippen LogP contribution in [0.25, 0.3) is 0 Å². The molecule has 0 bridgehead atoms. The van der Waals surface area contributed by atoms with Crippen LogP contribution in [0.15, 0.2) is 11.3 Å². The second-order valence-electron chi connectivity index (χ2n) is 3.54. The van der Waals surface area contributed by atoms with E-state index in [1.165, 1.54) is 31.5 Å². The van der Waals surface area contributed by atoms with E-state index in [1.807, 2.05) is 13.8 Å². The number of nitrogens with one attached hydrogen (secondary N) is 1. The smallest absolute Gasteiger partial charge is 0.0147 e. The van der Waals surface area contributed by atoms with Crippen molar-refractivity contribution in [3.05, 3.63) is 11.3 Å². The van der Waals surface area contributed by atoms with Crippen molar-refractivity contribution in [3.63, 3.8) is 0 Å². The summed E-state index contributed by atoms with van der Waals surface area (Å²) >= 11 is 0. The molecule has 78 valence electrons. The Morgan fingerprint density at radius 3 is 2.31 bits per heavy atom. The molecule has 13 heavy (non-hydrogen) atoms. The van der Waals surface area contributed by atoms with Crippen LogP contribution in [0.5, 0.6) is 0 Å². The third-order valence-electron chi connectivity index (χ3n) is 2.41. The number of hydrogen-bond donors (Lipinski definition) is 1. The van der Waals surface area contributed by atoms with Crippen molar-refractivity contribution in [3.8, 4) is 0 Å². The highest BCUT2D eigenvalue weighted by Crippen LogP contribution is 2.22. The maximum atomic E-state index is 3.47. The highest BCUT2D eigenvalue weighted by molar-refractivity contribution is 5.16. The molecule has 1 saturated heterocycles. The van der Waals surface area contributed by atoms with E-state index in [0.717, 1.165) is 5.92 Å². The molecule has 0 atom stereocenters. The van der Waals surface area contributed by atoms with Crippen molar-refractivity contribution < 1.29 is 0 Å². The molecule has 0 aromatic rings. The third kappa shape index (κ3) is 3.84. The van der Waals surface area contributed by atoms with Gasteiger partial charge in [-0.05, 0) is 30.8 Å². The summed E-state index contributed by atoms with van der Waals surface area (Å²) < 4.78 is 0. The van der Waals surface area contributed by atoms with E-state index in [1.54, 1.807) is 5.57 Å². The molecule has 1 rings (SSSR count). The molecule has 0 aliphatic carbocycles. The lowest BCUT2D eigenvalue weighted by atomic mass is 9.98. The Bertz CT molecular complexity index is 149. The predicted molar refractivity (Wildman–Crippen MR) is 60.7 cm³/mol. The van der Waals surface area contributed by atoms with Gasteiger partial charge in [0, 0.05) is 12.2 Å². The molecule has 0 aromatic carbocycles. The SMILES string of the molecule is CC.CC/C(=C1/CCCN1)C(C)C. The van der Waals surface area contributed by atoms with Crippen LogP contribution < -0.4 is 5.32 Å². The van der Waals surface area contributed by atoms with E-state index in [0.29, 0.717) is 0 Å². The lowest BCUT2D eigenvalue weighted by molar-refractivity contribution is 0.702. The van der Waals surface area contributed by atoms with Gasteiger partial charge >= 0.3 is 0 Å². The first-order chi connectivity index (χ1) is 6.25. The van der Waals surface area contributed by atoms with Gasteiger partial charge < -0.3 is 5.32 Å². The van der Waals surface area contributed by atoms with Crippen molar-refractivity contribution in [1.82, 2.24) is 5.32 Å². The Morgan fingerprint density at radius 1 is 1.38 bits per heavy atom. The topological polar surface area (TPSA) is 12.0 Å². The second-order valence-corrected chi connectivity index (χ2v) is 3.54. The fourth-order valence-corrected chi connectivity index (χ4v) is 1.84. The van der Waals surface area contributed by atoms with Crippen LogP contribution in [0.2, 0.25) is 0 Å². The van der Waals surface area contributed by atoms with Gasteiger partial charge in [-0.1, -0.05) is 34.6 Å². The standard InChI is InChI=1S/C10H19N.C2H6/c1-4-9(8(2)3)10-6-5-7-11-10;1-2/h8,11H,4-7H2,1-3H3;1-2H3/b10-9+;. The van der Waals surface area contributed by atoms with Crippen LogP contribution >= 0.6 is 0 Å². The molecule has 0 spiro atoms. The highest BCUT2D eigenvalue weighted by atomic mass is 14.9. The summed E-state index contributed by atoms with van der Waals surface area (Å²) in [7, 11) is 0. The summed E-state index contributed by atoms with van der Waals surface area (Å²) in [4.78, 5) is 0. The first-order valence-corrected chi connectivity index (χ1v) is 5.71. The molecule has 0 radical (unpaired) electrons. The molecule has 0 aromatic heterocycles. The molecule has 0 saturated carbocycles. The average Bonchev–Trinajstić information content (AvgIpc) is 2.62. The Morgan fingerprint density at radius 2 is 2.00 bits per heavy atom. The van der Waals surface area contributed by atoms with E-state index in [4.69, 9.17) is 0 Å². The lowest BCUT2D eigenvalue weighted by Crippen LogP contribution is -2.09. The zero-order valence-electron chi connectivity index (χ0n) is 9.91. The molecule has 1 heterocycles. The van der Waals surface area contributed by atoms with Crippen LogP contribution in [0.4, 0.5) is 0 Å². The van der Waals surface area contributed by atoms with Crippen molar-refractivity contribution in [2.45, 2.75) is 53.9 Å². The van der Waals surface area contributed by atoms with Crippen LogP contribution in [-0.2, 0) is 0 Å². The van der Waals surface area contributed by atoms with E-state index in [2.05, 4.69) is 26.1 Å². The molecular formula is C12H25N. The van der Waals surface area contributed by atoms with Crippen molar-refractivity contribution >= 4 is 0 Å². The van der Waals surface area contributed by atoms with Crippen LogP contribution in [0.1, 0.15) is 53.9 Å². The van der Waals surface area contributed by atoms with Crippen molar-refractivity contribution in [1.29, 1.82) is 0 Å². The summed E-state index contributed by atoms with van der Waals surface area (Å²) in [5.41, 5.74) is 3.16. The second kappa shape index (κ2) is 6.99. The van der Waals surface area contributed by atoms with Crippen molar-refractivity contribution in [2.24, 2.45) is 5.92 Å². The van der Waals surface area contributed by atoms with Crippen LogP contribution in [-0.4, -0.2) is 6.54 Å². The summed E-state index contributed by atoms with van der Waals surface area (Å²) in [6.45, 7) is 12.0. The number of allylic oxidation sites excluding steroid dienone is 2. The molecule has 1 heteroatoms. The fourth-order valence-electron chi connectivity index (χ4n) is 1.84. The van der Waals surface area contributed by atoms with Crippen molar-refractivity contribution in [2.75, 3.05) is 6.54 Å². The van der Waals surface area contributed by atoms with Gasteiger partial charge in [-0.15, -0.1) is 0 Å². The maximum Gasteiger partial charge on any atom is 0.0147 e. The summed E-state index contributed by atoms with van der Waals surface area (Å²) in [5, 5.41) is 3.47. The molecule has 1 fully saturated rings. The molecule has 1 aliphatic rings. The van der Waals surface area contributed by atoms with E-state index in [9.17, 15) is 0 Å². The molecule has 0 unspecified atom stereocenters. The minimum Gasteiger partial charge on any atom is -0.388 e. The Hall–Kier alpha value is -0.460. The third-order valence-corrected chi connectivity index (χ3v) is 2.41. The van der Waals surface area contributed by atoms with Gasteiger partial charge in [0.1, 0.15) is 0 Å². The first kappa shape index (κ1) is 12.5. The van der Waals surface area contributed by atoms with E-state index in [-0.39, 0.29) is 0 Å². The molecule has 1 nitrogen and oxygen atoms in total. The zero-order chi connectivity index (χ0) is 10.3. The molecule has 1 N–H and O–H groups in total. The van der Waals surface area contributed by atoms with E-state index >= 15 is 0 Å². The normalized spacial score (nSPS) is 19.2. The molecule has 0 amide bonds. The maximum absolute atomic E-state index is 3.47. The summed E-state index contributed by atoms with van der Waals surface area (Å²) in [5.74, 6) is 0.723. The minimum atomic E-state index is 0.723. The molecular weight excluding hydrogens is 158 g/mol. The van der Waals surface area contributed by atoms with Gasteiger partial charge in [0.25, 0.3) is 0 Å².